The van der Waals surface area contributed by atoms with Crippen LogP contribution in [-0.2, 0) is 7.05 Å². The molecule has 0 aliphatic carbocycles. The summed E-state index contributed by atoms with van der Waals surface area (Å²) in [4.78, 5) is 0. The van der Waals surface area contributed by atoms with Crippen LogP contribution in [0.15, 0.2) is 72.8 Å². The number of aryl methyl sites for hydroxylation is 2. The maximum Gasteiger partial charge on any atom is 0.164 e. The topological polar surface area (TPSA) is 30.7 Å². The molecule has 0 aliphatic rings. The highest BCUT2D eigenvalue weighted by Crippen LogP contribution is 2.32. The second-order valence-electron chi connectivity index (χ2n) is 6.62. The summed E-state index contributed by atoms with van der Waals surface area (Å²) in [6.45, 7) is 4.29. The first kappa shape index (κ1) is 16.3. The molecule has 0 amide bonds. The molecule has 0 N–H and O–H groups in total. The Labute approximate surface area is 154 Å². The Morgan fingerprint density at radius 3 is 1.69 bits per heavy atom. The third-order valence-electron chi connectivity index (χ3n) is 4.77. The summed E-state index contributed by atoms with van der Waals surface area (Å²) in [6, 6.07) is 25.1. The van der Waals surface area contributed by atoms with E-state index in [0.717, 1.165) is 22.8 Å². The molecule has 0 spiro atoms. The summed E-state index contributed by atoms with van der Waals surface area (Å²) >= 11 is 0. The standard InChI is InChI=1S/C23H21N3/c1-16-14-20(18-10-6-4-7-11-18)15-17(2)21(16)23-25-24-22(26(23)3)19-12-8-5-9-13-19/h4-15H,1-3H3. The number of rotatable bonds is 3. The lowest BCUT2D eigenvalue weighted by Crippen LogP contribution is -1.99. The lowest BCUT2D eigenvalue weighted by molar-refractivity contribution is 0.927. The first-order valence-electron chi connectivity index (χ1n) is 8.77. The van der Waals surface area contributed by atoms with Crippen molar-refractivity contribution in [3.63, 3.8) is 0 Å². The maximum atomic E-state index is 4.50. The maximum absolute atomic E-state index is 4.50. The van der Waals surface area contributed by atoms with Crippen molar-refractivity contribution in [3.8, 4) is 33.9 Å². The average Bonchev–Trinajstić information content (AvgIpc) is 3.04. The monoisotopic (exact) mass is 339 g/mol. The fourth-order valence-electron chi connectivity index (χ4n) is 3.50. The molecular formula is C23H21N3. The van der Waals surface area contributed by atoms with Crippen LogP contribution in [0.1, 0.15) is 11.1 Å². The Bertz CT molecular complexity index is 1020. The number of aromatic nitrogens is 3. The van der Waals surface area contributed by atoms with Gasteiger partial charge in [-0.3, -0.25) is 0 Å². The third-order valence-corrected chi connectivity index (χ3v) is 4.77. The van der Waals surface area contributed by atoms with E-state index < -0.39 is 0 Å². The van der Waals surface area contributed by atoms with Gasteiger partial charge in [-0.15, -0.1) is 10.2 Å². The minimum Gasteiger partial charge on any atom is -0.310 e. The van der Waals surface area contributed by atoms with E-state index in [1.54, 1.807) is 0 Å². The van der Waals surface area contributed by atoms with Crippen LogP contribution in [0.2, 0.25) is 0 Å². The van der Waals surface area contributed by atoms with E-state index in [4.69, 9.17) is 0 Å². The molecule has 128 valence electrons. The minimum atomic E-state index is 0.881. The van der Waals surface area contributed by atoms with Crippen molar-refractivity contribution in [2.24, 2.45) is 7.05 Å². The second kappa shape index (κ2) is 6.60. The van der Waals surface area contributed by atoms with Crippen molar-refractivity contribution >= 4 is 0 Å². The highest BCUT2D eigenvalue weighted by atomic mass is 15.3. The fraction of sp³-hybridized carbons (Fsp3) is 0.130. The summed E-state index contributed by atoms with van der Waals surface area (Å²) in [6.07, 6.45) is 0. The Morgan fingerprint density at radius 2 is 1.12 bits per heavy atom. The molecule has 26 heavy (non-hydrogen) atoms. The summed E-state index contributed by atoms with van der Waals surface area (Å²) in [5.41, 5.74) is 7.10. The summed E-state index contributed by atoms with van der Waals surface area (Å²) in [7, 11) is 2.03. The minimum absolute atomic E-state index is 0.881. The SMILES string of the molecule is Cc1cc(-c2ccccc2)cc(C)c1-c1nnc(-c2ccccc2)n1C. The van der Waals surface area contributed by atoms with Gasteiger partial charge in [-0.1, -0.05) is 72.8 Å². The van der Waals surface area contributed by atoms with Gasteiger partial charge in [0.25, 0.3) is 0 Å². The number of nitrogens with zero attached hydrogens (tertiary/aromatic N) is 3. The van der Waals surface area contributed by atoms with Gasteiger partial charge in [-0.25, -0.2) is 0 Å². The molecule has 3 aromatic carbocycles. The van der Waals surface area contributed by atoms with E-state index in [9.17, 15) is 0 Å². The predicted molar refractivity (Wildman–Crippen MR) is 107 cm³/mol. The van der Waals surface area contributed by atoms with Crippen molar-refractivity contribution in [3.05, 3.63) is 83.9 Å². The first-order valence-corrected chi connectivity index (χ1v) is 8.77. The number of hydrogen-bond acceptors (Lipinski definition) is 2. The molecule has 1 heterocycles. The van der Waals surface area contributed by atoms with Gasteiger partial charge in [-0.2, -0.15) is 0 Å². The molecule has 0 bridgehead atoms. The Morgan fingerprint density at radius 1 is 0.615 bits per heavy atom. The van der Waals surface area contributed by atoms with Gasteiger partial charge in [0.1, 0.15) is 0 Å². The van der Waals surface area contributed by atoms with E-state index in [0.29, 0.717) is 0 Å². The van der Waals surface area contributed by atoms with E-state index in [-0.39, 0.29) is 0 Å². The summed E-state index contributed by atoms with van der Waals surface area (Å²) in [5, 5.41) is 8.94. The van der Waals surface area contributed by atoms with E-state index in [2.05, 4.69) is 77.1 Å². The van der Waals surface area contributed by atoms with Crippen LogP contribution >= 0.6 is 0 Å². The lowest BCUT2D eigenvalue weighted by Gasteiger charge is -2.13. The van der Waals surface area contributed by atoms with Crippen LogP contribution in [0, 0.1) is 13.8 Å². The lowest BCUT2D eigenvalue weighted by atomic mass is 9.95. The van der Waals surface area contributed by atoms with Crippen molar-refractivity contribution in [2.75, 3.05) is 0 Å². The smallest absolute Gasteiger partial charge is 0.164 e. The van der Waals surface area contributed by atoms with E-state index >= 15 is 0 Å². The van der Waals surface area contributed by atoms with Crippen molar-refractivity contribution in [1.82, 2.24) is 14.8 Å². The van der Waals surface area contributed by atoms with Gasteiger partial charge in [0.05, 0.1) is 0 Å². The third kappa shape index (κ3) is 2.82. The van der Waals surface area contributed by atoms with Gasteiger partial charge < -0.3 is 4.57 Å². The molecule has 0 fully saturated rings. The van der Waals surface area contributed by atoms with Gasteiger partial charge >= 0.3 is 0 Å². The van der Waals surface area contributed by atoms with Gasteiger partial charge in [0, 0.05) is 18.2 Å². The second-order valence-corrected chi connectivity index (χ2v) is 6.62. The van der Waals surface area contributed by atoms with Gasteiger partial charge in [0.15, 0.2) is 11.6 Å². The zero-order valence-electron chi connectivity index (χ0n) is 15.3. The average molecular weight is 339 g/mol. The molecular weight excluding hydrogens is 318 g/mol. The fourth-order valence-corrected chi connectivity index (χ4v) is 3.50. The largest absolute Gasteiger partial charge is 0.310 e. The van der Waals surface area contributed by atoms with Crippen molar-refractivity contribution < 1.29 is 0 Å². The molecule has 4 aromatic rings. The van der Waals surface area contributed by atoms with Crippen LogP contribution in [-0.4, -0.2) is 14.8 Å². The Kier molecular flexibility index (Phi) is 4.13. The summed E-state index contributed by atoms with van der Waals surface area (Å²) in [5.74, 6) is 1.78. The highest BCUT2D eigenvalue weighted by Gasteiger charge is 2.17. The Hall–Kier alpha value is -3.20. The van der Waals surface area contributed by atoms with Crippen LogP contribution in [0.4, 0.5) is 0 Å². The molecule has 3 nitrogen and oxygen atoms in total. The van der Waals surface area contributed by atoms with Crippen molar-refractivity contribution in [2.45, 2.75) is 13.8 Å². The van der Waals surface area contributed by atoms with Crippen LogP contribution in [0.5, 0.6) is 0 Å². The molecule has 0 aliphatic heterocycles. The molecule has 1 aromatic heterocycles. The molecule has 0 saturated carbocycles. The van der Waals surface area contributed by atoms with Crippen LogP contribution in [0.3, 0.4) is 0 Å². The highest BCUT2D eigenvalue weighted by molar-refractivity contribution is 5.74. The predicted octanol–water partition coefficient (Wildman–Crippen LogP) is 5.43. The molecule has 0 unspecified atom stereocenters. The number of benzene rings is 3. The molecule has 3 heteroatoms. The van der Waals surface area contributed by atoms with Crippen LogP contribution in [0.25, 0.3) is 33.9 Å². The summed E-state index contributed by atoms with van der Waals surface area (Å²) < 4.78 is 2.08. The zero-order chi connectivity index (χ0) is 18.1. The molecule has 0 saturated heterocycles. The van der Waals surface area contributed by atoms with Gasteiger partial charge in [-0.05, 0) is 36.1 Å². The van der Waals surface area contributed by atoms with E-state index in [1.807, 2.05) is 31.3 Å². The quantitative estimate of drug-likeness (QED) is 0.498. The van der Waals surface area contributed by atoms with E-state index in [1.165, 1.54) is 22.3 Å². The first-order chi connectivity index (χ1) is 12.6. The van der Waals surface area contributed by atoms with Gasteiger partial charge in [0.2, 0.25) is 0 Å². The molecule has 0 radical (unpaired) electrons. The molecule has 4 rings (SSSR count). The van der Waals surface area contributed by atoms with Crippen LogP contribution < -0.4 is 0 Å². The zero-order valence-corrected chi connectivity index (χ0v) is 15.3. The normalized spacial score (nSPS) is 10.9. The molecule has 0 atom stereocenters. The Balaban J connectivity index is 1.81. The van der Waals surface area contributed by atoms with Crippen molar-refractivity contribution in [1.29, 1.82) is 0 Å². The number of hydrogen-bond donors (Lipinski definition) is 0.